The molecule has 0 unspecified atom stereocenters. The summed E-state index contributed by atoms with van der Waals surface area (Å²) >= 11 is 0. The fraction of sp³-hybridized carbons (Fsp3) is 0.579. The van der Waals surface area contributed by atoms with Gasteiger partial charge in [-0.2, -0.15) is 0 Å². The average molecular weight is 375 g/mol. The average Bonchev–Trinajstić information content (AvgIpc) is 2.65. The lowest BCUT2D eigenvalue weighted by molar-refractivity contribution is -0.220. The predicted octanol–water partition coefficient (Wildman–Crippen LogP) is 0.471. The number of benzene rings is 1. The number of hydrogen-bond acceptors (Lipinski definition) is 6. The number of morpholine rings is 1. The summed E-state index contributed by atoms with van der Waals surface area (Å²) < 4.78 is 6.05. The van der Waals surface area contributed by atoms with Crippen molar-refractivity contribution in [1.29, 1.82) is 0 Å². The van der Waals surface area contributed by atoms with E-state index in [1.54, 1.807) is 17.0 Å². The number of hydroxylamine groups is 2. The highest BCUT2D eigenvalue weighted by Crippen LogP contribution is 2.32. The summed E-state index contributed by atoms with van der Waals surface area (Å²) in [4.78, 5) is 34.4. The first-order valence-corrected chi connectivity index (χ1v) is 9.34. The van der Waals surface area contributed by atoms with Crippen molar-refractivity contribution in [2.45, 2.75) is 24.5 Å². The molecule has 1 N–H and O–H groups in total. The second kappa shape index (κ2) is 7.10. The fourth-order valence-electron chi connectivity index (χ4n) is 4.00. The van der Waals surface area contributed by atoms with E-state index in [0.29, 0.717) is 45.0 Å². The molecular weight excluding hydrogens is 350 g/mol. The lowest BCUT2D eigenvalue weighted by Crippen LogP contribution is -2.73. The van der Waals surface area contributed by atoms with Gasteiger partial charge in [-0.15, -0.1) is 0 Å². The largest absolute Gasteiger partial charge is 0.508 e. The second-order valence-electron chi connectivity index (χ2n) is 7.62. The molecule has 3 saturated heterocycles. The van der Waals surface area contributed by atoms with E-state index in [0.717, 1.165) is 12.8 Å². The number of phenolic OH excluding ortho intramolecular Hbond substituents is 1. The zero-order chi connectivity index (χ0) is 19.0. The Balaban J connectivity index is 1.34. The van der Waals surface area contributed by atoms with Crippen LogP contribution in [0.2, 0.25) is 0 Å². The van der Waals surface area contributed by atoms with Gasteiger partial charge in [0.2, 0.25) is 0 Å². The predicted molar refractivity (Wildman–Crippen MR) is 96.0 cm³/mol. The minimum atomic E-state index is -0.430. The van der Waals surface area contributed by atoms with Crippen molar-refractivity contribution in [2.24, 2.45) is 0 Å². The van der Waals surface area contributed by atoms with E-state index in [1.807, 2.05) is 11.9 Å². The summed E-state index contributed by atoms with van der Waals surface area (Å²) in [6.45, 7) is 3.05. The van der Waals surface area contributed by atoms with Crippen LogP contribution in [0.3, 0.4) is 0 Å². The Morgan fingerprint density at radius 2 is 2.04 bits per heavy atom. The molecule has 3 aliphatic rings. The van der Waals surface area contributed by atoms with Crippen LogP contribution in [0.5, 0.6) is 5.75 Å². The highest BCUT2D eigenvalue weighted by atomic mass is 16.7. The van der Waals surface area contributed by atoms with Crippen LogP contribution in [0.15, 0.2) is 24.3 Å². The van der Waals surface area contributed by atoms with Gasteiger partial charge in [0, 0.05) is 18.7 Å². The summed E-state index contributed by atoms with van der Waals surface area (Å²) in [5.41, 5.74) is 0.0325. The molecule has 2 amide bonds. The van der Waals surface area contributed by atoms with Gasteiger partial charge in [-0.25, -0.2) is 5.06 Å². The van der Waals surface area contributed by atoms with Crippen molar-refractivity contribution < 1.29 is 24.3 Å². The maximum absolute atomic E-state index is 12.7. The molecule has 0 aliphatic carbocycles. The van der Waals surface area contributed by atoms with E-state index >= 15 is 0 Å². The standard InChI is InChI=1S/C19H25N3O5/c1-20-11-19(26-10-16(20)18(25)22-7-2-3-8-27-22)12-21(13-19)17(24)14-5-4-6-15(23)9-14/h4-6,9,16,23H,2-3,7-8,10-13H2,1H3/t16-/m0/s1. The van der Waals surface area contributed by atoms with Crippen LogP contribution in [-0.4, -0.2) is 89.9 Å². The number of amides is 2. The molecule has 0 saturated carbocycles. The minimum absolute atomic E-state index is 0.0564. The Morgan fingerprint density at radius 1 is 1.22 bits per heavy atom. The summed E-state index contributed by atoms with van der Waals surface area (Å²) in [7, 11) is 1.91. The third-order valence-corrected chi connectivity index (χ3v) is 5.49. The Labute approximate surface area is 158 Å². The molecule has 27 heavy (non-hydrogen) atoms. The van der Waals surface area contributed by atoms with E-state index < -0.39 is 5.60 Å². The molecule has 0 bridgehead atoms. The van der Waals surface area contributed by atoms with Crippen molar-refractivity contribution in [1.82, 2.24) is 14.9 Å². The Kier molecular flexibility index (Phi) is 4.79. The van der Waals surface area contributed by atoms with Gasteiger partial charge >= 0.3 is 0 Å². The minimum Gasteiger partial charge on any atom is -0.508 e. The molecule has 1 aromatic rings. The molecule has 1 atom stereocenters. The Hall–Kier alpha value is -2.16. The van der Waals surface area contributed by atoms with Crippen LogP contribution in [0.25, 0.3) is 0 Å². The molecule has 0 radical (unpaired) electrons. The van der Waals surface area contributed by atoms with Crippen LogP contribution in [-0.2, 0) is 14.4 Å². The van der Waals surface area contributed by atoms with Crippen molar-refractivity contribution >= 4 is 11.8 Å². The maximum Gasteiger partial charge on any atom is 0.265 e. The molecule has 1 spiro atoms. The number of nitrogens with zero attached hydrogens (tertiary/aromatic N) is 3. The molecule has 4 rings (SSSR count). The molecule has 8 nitrogen and oxygen atoms in total. The summed E-state index contributed by atoms with van der Waals surface area (Å²) in [5.74, 6) is -0.104. The topological polar surface area (TPSA) is 82.6 Å². The smallest absolute Gasteiger partial charge is 0.265 e. The lowest BCUT2D eigenvalue weighted by Gasteiger charge is -2.55. The number of carbonyl (C=O) groups excluding carboxylic acids is 2. The van der Waals surface area contributed by atoms with Crippen molar-refractivity contribution in [3.05, 3.63) is 29.8 Å². The molecule has 3 fully saturated rings. The molecule has 3 aliphatic heterocycles. The number of likely N-dealkylation sites (tertiary alicyclic amines) is 1. The number of aromatic hydroxyl groups is 1. The first-order chi connectivity index (χ1) is 13.0. The molecule has 146 valence electrons. The van der Waals surface area contributed by atoms with Crippen LogP contribution >= 0.6 is 0 Å². The number of phenols is 1. The van der Waals surface area contributed by atoms with Crippen LogP contribution < -0.4 is 0 Å². The molecular formula is C19H25N3O5. The van der Waals surface area contributed by atoms with E-state index in [1.165, 1.54) is 17.2 Å². The SMILES string of the molecule is CN1CC2(CN(C(=O)c3cccc(O)c3)C2)OC[C@H]1C(=O)N1CCCCO1. The van der Waals surface area contributed by atoms with E-state index in [4.69, 9.17) is 9.57 Å². The number of hydrogen-bond donors (Lipinski definition) is 1. The van der Waals surface area contributed by atoms with E-state index in [9.17, 15) is 14.7 Å². The summed E-state index contributed by atoms with van der Waals surface area (Å²) in [6, 6.07) is 5.99. The summed E-state index contributed by atoms with van der Waals surface area (Å²) in [6.07, 6.45) is 1.94. The zero-order valence-electron chi connectivity index (χ0n) is 15.5. The van der Waals surface area contributed by atoms with Crippen molar-refractivity contribution in [3.8, 4) is 5.75 Å². The second-order valence-corrected chi connectivity index (χ2v) is 7.62. The third-order valence-electron chi connectivity index (χ3n) is 5.49. The maximum atomic E-state index is 12.7. The van der Waals surface area contributed by atoms with Gasteiger partial charge in [-0.3, -0.25) is 19.3 Å². The Morgan fingerprint density at radius 3 is 2.70 bits per heavy atom. The zero-order valence-corrected chi connectivity index (χ0v) is 15.5. The molecule has 3 heterocycles. The quantitative estimate of drug-likeness (QED) is 0.809. The van der Waals surface area contributed by atoms with Gasteiger partial charge in [-0.05, 0) is 38.1 Å². The highest BCUT2D eigenvalue weighted by Gasteiger charge is 2.51. The van der Waals surface area contributed by atoms with Crippen LogP contribution in [0, 0.1) is 0 Å². The normalized spacial score (nSPS) is 25.3. The van der Waals surface area contributed by atoms with Gasteiger partial charge in [0.1, 0.15) is 17.4 Å². The molecule has 8 heteroatoms. The van der Waals surface area contributed by atoms with Crippen molar-refractivity contribution in [2.75, 3.05) is 46.4 Å². The fourth-order valence-corrected chi connectivity index (χ4v) is 4.00. The third kappa shape index (κ3) is 3.52. The molecule has 1 aromatic carbocycles. The number of carbonyl (C=O) groups is 2. The number of likely N-dealkylation sites (N-methyl/N-ethyl adjacent to an activating group) is 1. The monoisotopic (exact) mass is 375 g/mol. The van der Waals surface area contributed by atoms with Crippen LogP contribution in [0.4, 0.5) is 0 Å². The van der Waals surface area contributed by atoms with Gasteiger partial charge in [-0.1, -0.05) is 6.07 Å². The lowest BCUT2D eigenvalue weighted by atomic mass is 9.90. The van der Waals surface area contributed by atoms with E-state index in [-0.39, 0.29) is 23.6 Å². The van der Waals surface area contributed by atoms with E-state index in [2.05, 4.69) is 0 Å². The number of rotatable bonds is 2. The highest BCUT2D eigenvalue weighted by molar-refractivity contribution is 5.95. The summed E-state index contributed by atoms with van der Waals surface area (Å²) in [5, 5.41) is 11.0. The van der Waals surface area contributed by atoms with Gasteiger partial charge in [0.25, 0.3) is 11.8 Å². The first-order valence-electron chi connectivity index (χ1n) is 9.34. The van der Waals surface area contributed by atoms with Gasteiger partial charge in [0.05, 0.1) is 26.3 Å². The Bertz CT molecular complexity index is 728. The molecule has 0 aromatic heterocycles. The van der Waals surface area contributed by atoms with Crippen molar-refractivity contribution in [3.63, 3.8) is 0 Å². The van der Waals surface area contributed by atoms with Crippen LogP contribution in [0.1, 0.15) is 23.2 Å². The first kappa shape index (κ1) is 18.2. The van der Waals surface area contributed by atoms with Gasteiger partial charge < -0.3 is 14.7 Å². The number of ether oxygens (including phenoxy) is 1. The van der Waals surface area contributed by atoms with Gasteiger partial charge in [0.15, 0.2) is 0 Å².